The number of hydrogen-bond acceptors (Lipinski definition) is 4. The normalized spacial score (nSPS) is 33.5. The Hall–Kier alpha value is -4.58. The van der Waals surface area contributed by atoms with Crippen LogP contribution in [0.5, 0.6) is 0 Å². The molecule has 0 radical (unpaired) electrons. The lowest BCUT2D eigenvalue weighted by Crippen LogP contribution is -2.63. The number of amides is 4. The summed E-state index contributed by atoms with van der Waals surface area (Å²) in [5, 5.41) is 3.67. The van der Waals surface area contributed by atoms with Crippen molar-refractivity contribution >= 4 is 56.5 Å². The number of carbonyl (C=O) groups is 4. The SMILES string of the molecule is O=C1[C@@H]2[C@H]3C=C[C@H]([C@@H]2C(=O)N1c1cccc2ccccc12)[C@@H]1[C@H]2C(=O)N(c4cccc5ccccc45)C(=O)[C@H]2[C@@H]31. The van der Waals surface area contributed by atoms with Crippen molar-refractivity contribution in [3.8, 4) is 0 Å². The summed E-state index contributed by atoms with van der Waals surface area (Å²) in [6.45, 7) is 0. The molecule has 6 heteroatoms. The molecule has 2 bridgehead atoms. The van der Waals surface area contributed by atoms with Crippen LogP contribution in [0.15, 0.2) is 97.1 Å². The molecule has 2 saturated heterocycles. The van der Waals surface area contributed by atoms with Crippen LogP contribution in [0.25, 0.3) is 21.5 Å². The Morgan fingerprint density at radius 3 is 1.25 bits per heavy atom. The minimum atomic E-state index is -0.502. The number of hydrogen-bond donors (Lipinski definition) is 0. The zero-order valence-corrected chi connectivity index (χ0v) is 21.4. The third kappa shape index (κ3) is 2.50. The van der Waals surface area contributed by atoms with E-state index in [1.165, 1.54) is 9.80 Å². The number of allylic oxidation sites excluding steroid dienone is 2. The fourth-order valence-corrected chi connectivity index (χ4v) is 8.88. The number of imide groups is 2. The number of benzene rings is 4. The van der Waals surface area contributed by atoms with Gasteiger partial charge in [0.15, 0.2) is 0 Å². The second-order valence-electron chi connectivity index (χ2n) is 11.8. The number of carbonyl (C=O) groups excluding carboxylic acids is 4. The first-order valence-electron chi connectivity index (χ1n) is 14.0. The van der Waals surface area contributed by atoms with Gasteiger partial charge in [0.05, 0.1) is 35.0 Å². The molecule has 4 aliphatic carbocycles. The number of rotatable bonds is 2. The van der Waals surface area contributed by atoms with Gasteiger partial charge in [-0.1, -0.05) is 84.9 Å². The van der Waals surface area contributed by atoms with Gasteiger partial charge in [0, 0.05) is 10.8 Å². The van der Waals surface area contributed by atoms with Crippen molar-refractivity contribution < 1.29 is 19.2 Å². The monoisotopic (exact) mass is 524 g/mol. The first kappa shape index (κ1) is 22.3. The number of fused-ring (bicyclic) bond motifs is 3. The molecule has 2 saturated carbocycles. The largest absolute Gasteiger partial charge is 0.274 e. The Bertz CT molecular complexity index is 1810. The van der Waals surface area contributed by atoms with E-state index in [0.29, 0.717) is 11.4 Å². The van der Waals surface area contributed by atoms with Crippen molar-refractivity contribution in [3.05, 3.63) is 97.1 Å². The van der Waals surface area contributed by atoms with Crippen LogP contribution in [0, 0.1) is 47.3 Å². The van der Waals surface area contributed by atoms with E-state index in [2.05, 4.69) is 12.2 Å². The summed E-state index contributed by atoms with van der Waals surface area (Å²) >= 11 is 0. The van der Waals surface area contributed by atoms with Crippen molar-refractivity contribution in [2.45, 2.75) is 0 Å². The van der Waals surface area contributed by atoms with E-state index in [1.807, 2.05) is 84.9 Å². The zero-order valence-electron chi connectivity index (χ0n) is 21.4. The lowest BCUT2D eigenvalue weighted by molar-refractivity contribution is -0.166. The molecule has 0 aromatic heterocycles. The minimum absolute atomic E-state index is 0.109. The van der Waals surface area contributed by atoms with Crippen LogP contribution in [0.4, 0.5) is 11.4 Å². The lowest BCUT2D eigenvalue weighted by Gasteiger charge is -2.60. The van der Waals surface area contributed by atoms with Gasteiger partial charge in [0.25, 0.3) is 0 Å². The molecule has 2 heterocycles. The van der Waals surface area contributed by atoms with Crippen molar-refractivity contribution in [1.29, 1.82) is 0 Å². The molecule has 6 nitrogen and oxygen atoms in total. The average molecular weight is 525 g/mol. The molecule has 4 aromatic carbocycles. The molecule has 6 aliphatic rings. The van der Waals surface area contributed by atoms with Crippen LogP contribution in [0.2, 0.25) is 0 Å². The summed E-state index contributed by atoms with van der Waals surface area (Å²) in [7, 11) is 0. The molecule has 40 heavy (non-hydrogen) atoms. The van der Waals surface area contributed by atoms with Crippen LogP contribution in [0.3, 0.4) is 0 Å². The summed E-state index contributed by atoms with van der Waals surface area (Å²) < 4.78 is 0. The number of nitrogens with zero attached hydrogens (tertiary/aromatic N) is 2. The molecule has 4 amide bonds. The average Bonchev–Trinajstić information content (AvgIpc) is 3.36. The topological polar surface area (TPSA) is 74.8 Å². The Balaban J connectivity index is 1.11. The van der Waals surface area contributed by atoms with Gasteiger partial charge in [-0.15, -0.1) is 0 Å². The van der Waals surface area contributed by atoms with E-state index < -0.39 is 23.7 Å². The highest BCUT2D eigenvalue weighted by Crippen LogP contribution is 2.68. The molecule has 8 atom stereocenters. The summed E-state index contributed by atoms with van der Waals surface area (Å²) in [5.41, 5.74) is 1.23. The molecular formula is C34H24N2O4. The van der Waals surface area contributed by atoms with Crippen LogP contribution < -0.4 is 9.80 Å². The summed E-state index contributed by atoms with van der Waals surface area (Å²) in [5.74, 6) is -3.32. The van der Waals surface area contributed by atoms with Crippen LogP contribution in [-0.4, -0.2) is 23.6 Å². The quantitative estimate of drug-likeness (QED) is 0.274. The third-order valence-corrected chi connectivity index (χ3v) is 10.4. The van der Waals surface area contributed by atoms with Gasteiger partial charge in [-0.3, -0.25) is 19.2 Å². The van der Waals surface area contributed by atoms with Crippen molar-refractivity contribution in [2.24, 2.45) is 47.3 Å². The molecule has 0 spiro atoms. The predicted molar refractivity (Wildman–Crippen MR) is 150 cm³/mol. The Morgan fingerprint density at radius 2 is 0.800 bits per heavy atom. The Morgan fingerprint density at radius 1 is 0.425 bits per heavy atom. The molecule has 10 rings (SSSR count). The molecule has 194 valence electrons. The minimum Gasteiger partial charge on any atom is -0.274 e. The molecule has 2 aliphatic heterocycles. The molecule has 0 N–H and O–H groups in total. The first-order valence-corrected chi connectivity index (χ1v) is 14.0. The van der Waals surface area contributed by atoms with Crippen LogP contribution in [0.1, 0.15) is 0 Å². The molecule has 0 unspecified atom stereocenters. The van der Waals surface area contributed by atoms with Crippen molar-refractivity contribution in [3.63, 3.8) is 0 Å². The highest BCUT2D eigenvalue weighted by Gasteiger charge is 2.75. The van der Waals surface area contributed by atoms with Crippen LogP contribution >= 0.6 is 0 Å². The molecule has 4 aromatic rings. The van der Waals surface area contributed by atoms with E-state index >= 15 is 0 Å². The van der Waals surface area contributed by atoms with Crippen molar-refractivity contribution in [2.75, 3.05) is 9.80 Å². The third-order valence-electron chi connectivity index (χ3n) is 10.4. The van der Waals surface area contributed by atoms with Gasteiger partial charge in [-0.2, -0.15) is 0 Å². The van der Waals surface area contributed by atoms with Gasteiger partial charge in [0.2, 0.25) is 23.6 Å². The van der Waals surface area contributed by atoms with Gasteiger partial charge < -0.3 is 0 Å². The van der Waals surface area contributed by atoms with Crippen LogP contribution in [-0.2, 0) is 19.2 Å². The Labute approximate surface area is 229 Å². The fraction of sp³-hybridized carbons (Fsp3) is 0.235. The molecular weight excluding hydrogens is 500 g/mol. The standard InChI is InChI=1S/C34H24N2O4/c37-31-27-21-15-16-22(28(27)32(38)35(31)23-13-5-9-17-7-1-3-11-19(17)23)26-25(21)29-30(26)34(40)36(33(29)39)24-14-6-10-18-8-2-4-12-20(18)24/h1-16,21-22,25-30H/t21-,22-,25-,26-,27-,28+,29+,30-/m0/s1. The smallest absolute Gasteiger partial charge is 0.238 e. The van der Waals surface area contributed by atoms with E-state index in [9.17, 15) is 19.2 Å². The number of anilines is 2. The predicted octanol–water partition coefficient (Wildman–Crippen LogP) is 4.97. The second-order valence-corrected chi connectivity index (χ2v) is 11.8. The fourth-order valence-electron chi connectivity index (χ4n) is 8.88. The van der Waals surface area contributed by atoms with Gasteiger partial charge in [0.1, 0.15) is 0 Å². The van der Waals surface area contributed by atoms with E-state index in [1.54, 1.807) is 0 Å². The maximum Gasteiger partial charge on any atom is 0.238 e. The highest BCUT2D eigenvalue weighted by molar-refractivity contribution is 6.27. The maximum absolute atomic E-state index is 14.0. The van der Waals surface area contributed by atoms with Gasteiger partial charge in [-0.25, -0.2) is 9.80 Å². The highest BCUT2D eigenvalue weighted by atomic mass is 16.2. The van der Waals surface area contributed by atoms with Gasteiger partial charge >= 0.3 is 0 Å². The lowest BCUT2D eigenvalue weighted by atomic mass is 9.40. The Kier molecular flexibility index (Phi) is 4.19. The second kappa shape index (κ2) is 7.54. The van der Waals surface area contributed by atoms with Crippen molar-refractivity contribution in [1.82, 2.24) is 0 Å². The zero-order chi connectivity index (χ0) is 26.9. The van der Waals surface area contributed by atoms with E-state index in [4.69, 9.17) is 0 Å². The van der Waals surface area contributed by atoms with Gasteiger partial charge in [-0.05, 0) is 46.6 Å². The maximum atomic E-state index is 14.0. The summed E-state index contributed by atoms with van der Waals surface area (Å²) in [6, 6.07) is 26.9. The molecule has 4 fully saturated rings. The first-order chi connectivity index (χ1) is 19.6. The van der Waals surface area contributed by atoms with E-state index in [0.717, 1.165) is 21.5 Å². The summed E-state index contributed by atoms with van der Waals surface area (Å²) in [6.07, 6.45) is 4.11. The summed E-state index contributed by atoms with van der Waals surface area (Å²) in [4.78, 5) is 58.7. The van der Waals surface area contributed by atoms with E-state index in [-0.39, 0.29) is 47.3 Å².